The molecule has 0 saturated carbocycles. The van der Waals surface area contributed by atoms with Crippen molar-refractivity contribution >= 4 is 40.2 Å². The lowest BCUT2D eigenvalue weighted by atomic mass is 9.85. The Hall–Kier alpha value is -4.21. The summed E-state index contributed by atoms with van der Waals surface area (Å²) in [6.07, 6.45) is 0.856. The maximum absolute atomic E-state index is 13.7. The summed E-state index contributed by atoms with van der Waals surface area (Å²) in [5.74, 6) is -1.35. The largest absolute Gasteiger partial charge is 0.457 e. The summed E-state index contributed by atoms with van der Waals surface area (Å²) < 4.78 is 12.4. The average molecular weight is 489 g/mol. The summed E-state index contributed by atoms with van der Waals surface area (Å²) in [5, 5.41) is 3.77. The minimum Gasteiger partial charge on any atom is -0.457 e. The summed E-state index contributed by atoms with van der Waals surface area (Å²) in [4.78, 5) is 58.2. The van der Waals surface area contributed by atoms with E-state index in [2.05, 4.69) is 5.32 Å². The number of esters is 2. The van der Waals surface area contributed by atoms with Crippen molar-refractivity contribution in [1.29, 1.82) is 0 Å². The van der Waals surface area contributed by atoms with Crippen molar-refractivity contribution < 1.29 is 23.9 Å². The van der Waals surface area contributed by atoms with Crippen LogP contribution in [-0.4, -0.2) is 34.1 Å². The molecule has 0 radical (unpaired) electrons. The molecule has 184 valence electrons. The third kappa shape index (κ3) is 2.81. The predicted molar refractivity (Wildman–Crippen MR) is 131 cm³/mol. The number of urea groups is 1. The van der Waals surface area contributed by atoms with E-state index in [9.17, 15) is 19.2 Å². The fourth-order valence-corrected chi connectivity index (χ4v) is 5.63. The monoisotopic (exact) mass is 488 g/mol. The minimum absolute atomic E-state index is 0.109. The Morgan fingerprint density at radius 2 is 2.03 bits per heavy atom. The van der Waals surface area contributed by atoms with Crippen LogP contribution in [0.2, 0.25) is 0 Å². The number of hydrogen-bond donors (Lipinski definition) is 1. The first-order valence-electron chi connectivity index (χ1n) is 12.0. The summed E-state index contributed by atoms with van der Waals surface area (Å²) in [5.41, 5.74) is 2.51. The highest BCUT2D eigenvalue weighted by Crippen LogP contribution is 2.47. The number of carbonyl (C=O) groups is 3. The quantitative estimate of drug-likeness (QED) is 0.437. The van der Waals surface area contributed by atoms with Crippen LogP contribution < -0.4 is 15.8 Å². The molecule has 1 N–H and O–H groups in total. The Kier molecular flexibility index (Phi) is 4.73. The Morgan fingerprint density at radius 3 is 2.75 bits per heavy atom. The van der Waals surface area contributed by atoms with Crippen LogP contribution >= 0.6 is 0 Å². The number of hydrogen-bond acceptors (Lipinski definition) is 7. The van der Waals surface area contributed by atoms with Crippen LogP contribution in [0.5, 0.6) is 0 Å². The lowest BCUT2D eigenvalue weighted by Gasteiger charge is -2.35. The molecule has 0 fully saturated rings. The number of ether oxygens (including phenoxy) is 2. The van der Waals surface area contributed by atoms with Gasteiger partial charge in [-0.25, -0.2) is 14.6 Å². The van der Waals surface area contributed by atoms with Gasteiger partial charge in [0.1, 0.15) is 6.61 Å². The van der Waals surface area contributed by atoms with Gasteiger partial charge in [0.05, 0.1) is 40.4 Å². The van der Waals surface area contributed by atoms with E-state index >= 15 is 0 Å². The van der Waals surface area contributed by atoms with Gasteiger partial charge in [-0.15, -0.1) is 0 Å². The summed E-state index contributed by atoms with van der Waals surface area (Å²) >= 11 is 0. The van der Waals surface area contributed by atoms with Gasteiger partial charge in [-0.2, -0.15) is 0 Å². The van der Waals surface area contributed by atoms with Crippen LogP contribution in [0.1, 0.15) is 50.3 Å². The third-order valence-corrected chi connectivity index (χ3v) is 7.17. The van der Waals surface area contributed by atoms with Crippen LogP contribution in [0.15, 0.2) is 29.1 Å². The van der Waals surface area contributed by atoms with Crippen molar-refractivity contribution in [3.8, 4) is 11.4 Å². The topological polar surface area (TPSA) is 120 Å². The zero-order chi connectivity index (χ0) is 25.4. The Morgan fingerprint density at radius 1 is 1.22 bits per heavy atom. The van der Waals surface area contributed by atoms with Gasteiger partial charge in [-0.1, -0.05) is 19.9 Å². The molecule has 2 aromatic heterocycles. The normalized spacial score (nSPS) is 19.4. The van der Waals surface area contributed by atoms with Gasteiger partial charge in [-0.3, -0.25) is 14.5 Å². The first-order chi connectivity index (χ1) is 17.3. The molecule has 36 heavy (non-hydrogen) atoms. The molecule has 5 heterocycles. The summed E-state index contributed by atoms with van der Waals surface area (Å²) in [6.45, 7) is 5.44. The first kappa shape index (κ1) is 22.3. The number of amides is 2. The highest BCUT2D eigenvalue weighted by Gasteiger charge is 2.50. The fourth-order valence-electron chi connectivity index (χ4n) is 5.63. The maximum Gasteiger partial charge on any atom is 0.355 e. The van der Waals surface area contributed by atoms with E-state index in [4.69, 9.17) is 14.5 Å². The number of carbonyl (C=O) groups excluding carboxylic acids is 3. The van der Waals surface area contributed by atoms with Crippen molar-refractivity contribution in [1.82, 2.24) is 9.55 Å². The van der Waals surface area contributed by atoms with Gasteiger partial charge < -0.3 is 19.4 Å². The first-order valence-corrected chi connectivity index (χ1v) is 12.0. The molecule has 0 saturated heterocycles. The van der Waals surface area contributed by atoms with Gasteiger partial charge >= 0.3 is 18.0 Å². The van der Waals surface area contributed by atoms with Crippen LogP contribution in [-0.2, 0) is 37.8 Å². The SMILES string of the molecule is CCCN1C(=O)Nc2cccc3nc4c(c1c23)Cn1c-4cc2c(c1=O)COC(=O)[C@@]2(CC)OC(C)=O. The second kappa shape index (κ2) is 7.64. The predicted octanol–water partition coefficient (Wildman–Crippen LogP) is 3.41. The zero-order valence-electron chi connectivity index (χ0n) is 20.1. The van der Waals surface area contributed by atoms with Crippen molar-refractivity contribution in [2.24, 2.45) is 0 Å². The average Bonchev–Trinajstić information content (AvgIpc) is 3.22. The van der Waals surface area contributed by atoms with Crippen LogP contribution in [0.4, 0.5) is 16.2 Å². The number of fused-ring (bicyclic) bond motifs is 5. The van der Waals surface area contributed by atoms with Crippen LogP contribution in [0.3, 0.4) is 0 Å². The van der Waals surface area contributed by atoms with Crippen molar-refractivity contribution in [2.45, 2.75) is 52.4 Å². The summed E-state index contributed by atoms with van der Waals surface area (Å²) in [7, 11) is 0. The van der Waals surface area contributed by atoms with Crippen LogP contribution in [0, 0.1) is 0 Å². The molecule has 0 spiro atoms. The van der Waals surface area contributed by atoms with Crippen molar-refractivity contribution in [2.75, 3.05) is 16.8 Å². The van der Waals surface area contributed by atoms with E-state index in [-0.39, 0.29) is 36.7 Å². The Bertz CT molecular complexity index is 1580. The number of anilines is 2. The number of nitrogens with one attached hydrogen (secondary N) is 1. The van der Waals surface area contributed by atoms with Crippen molar-refractivity contribution in [3.63, 3.8) is 0 Å². The Labute approximate surface area is 205 Å². The molecule has 3 aromatic rings. The number of benzene rings is 1. The van der Waals surface area contributed by atoms with Crippen molar-refractivity contribution in [3.05, 3.63) is 51.3 Å². The molecule has 0 bridgehead atoms. The second-order valence-corrected chi connectivity index (χ2v) is 9.23. The number of aromatic nitrogens is 2. The fraction of sp³-hybridized carbons (Fsp3) is 0.346. The van der Waals surface area contributed by atoms with Gasteiger partial charge in [0.15, 0.2) is 0 Å². The molecular weight excluding hydrogens is 464 g/mol. The number of nitrogens with zero attached hydrogens (tertiary/aromatic N) is 3. The van der Waals surface area contributed by atoms with E-state index in [0.717, 1.165) is 23.1 Å². The molecule has 0 aliphatic carbocycles. The highest BCUT2D eigenvalue weighted by atomic mass is 16.6. The van der Waals surface area contributed by atoms with Gasteiger partial charge in [-0.05, 0) is 31.0 Å². The van der Waals surface area contributed by atoms with Gasteiger partial charge in [0.25, 0.3) is 5.56 Å². The smallest absolute Gasteiger partial charge is 0.355 e. The minimum atomic E-state index is -1.71. The highest BCUT2D eigenvalue weighted by molar-refractivity contribution is 6.19. The number of cyclic esters (lactones) is 1. The zero-order valence-corrected chi connectivity index (χ0v) is 20.1. The number of rotatable bonds is 4. The molecule has 0 unspecified atom stereocenters. The standard InChI is InChI=1S/C26H24N4O6/c1-4-9-29-22-14-11-30-19(21(14)27-17-7-6-8-18(20(17)22)28-25(29)34)10-16-15(23(30)32)12-35-24(33)26(16,5-2)36-13(3)31/h6-8,10H,4-5,9,11-12H2,1-3H3,(H,28,34)/t26-/m0/s1. The number of pyridine rings is 2. The van der Waals surface area contributed by atoms with Gasteiger partial charge in [0.2, 0.25) is 5.60 Å². The lowest BCUT2D eigenvalue weighted by Crippen LogP contribution is -2.47. The second-order valence-electron chi connectivity index (χ2n) is 9.23. The molecule has 1 atom stereocenters. The Balaban J connectivity index is 1.66. The molecule has 1 aromatic carbocycles. The third-order valence-electron chi connectivity index (χ3n) is 7.17. The van der Waals surface area contributed by atoms with E-state index in [1.165, 1.54) is 6.92 Å². The molecule has 10 heteroatoms. The molecule has 2 amide bonds. The molecule has 3 aliphatic rings. The molecule has 10 nitrogen and oxygen atoms in total. The summed E-state index contributed by atoms with van der Waals surface area (Å²) in [6, 6.07) is 7.02. The van der Waals surface area contributed by atoms with E-state index < -0.39 is 17.5 Å². The van der Waals surface area contributed by atoms with E-state index in [0.29, 0.717) is 34.7 Å². The van der Waals surface area contributed by atoms with E-state index in [1.54, 1.807) is 22.5 Å². The molecule has 3 aliphatic heterocycles. The molecule has 6 rings (SSSR count). The molecular formula is C26H24N4O6. The maximum atomic E-state index is 13.7. The van der Waals surface area contributed by atoms with Crippen LogP contribution in [0.25, 0.3) is 22.3 Å². The van der Waals surface area contributed by atoms with Gasteiger partial charge in [0, 0.05) is 30.0 Å². The lowest BCUT2D eigenvalue weighted by molar-refractivity contribution is -0.188. The van der Waals surface area contributed by atoms with E-state index in [1.807, 2.05) is 25.1 Å².